The lowest BCUT2D eigenvalue weighted by Gasteiger charge is -2.38. The standard InChI is InChI=1S/C12H17ClN2O2S/c1-8-10(14)6-9(13)7-11(8)18(16,17)15-12(2)4-3-5-12/h6-7,15H,3-5,14H2,1-2H3. The lowest BCUT2D eigenvalue weighted by molar-refractivity contribution is 0.248. The molecule has 0 aromatic heterocycles. The Kier molecular flexibility index (Phi) is 3.34. The number of nitrogens with one attached hydrogen (secondary N) is 1. The normalized spacial score (nSPS) is 18.4. The van der Waals surface area contributed by atoms with Crippen LogP contribution in [0.4, 0.5) is 5.69 Å². The van der Waals surface area contributed by atoms with E-state index < -0.39 is 10.0 Å². The number of benzene rings is 1. The second-order valence-corrected chi connectivity index (χ2v) is 7.23. The van der Waals surface area contributed by atoms with E-state index in [1.807, 2.05) is 6.92 Å². The van der Waals surface area contributed by atoms with Gasteiger partial charge in [0.1, 0.15) is 0 Å². The predicted molar refractivity (Wildman–Crippen MR) is 73.2 cm³/mol. The molecule has 0 unspecified atom stereocenters. The van der Waals surface area contributed by atoms with Crippen LogP contribution in [0.25, 0.3) is 0 Å². The monoisotopic (exact) mass is 288 g/mol. The minimum atomic E-state index is -3.57. The van der Waals surface area contributed by atoms with Gasteiger partial charge >= 0.3 is 0 Å². The summed E-state index contributed by atoms with van der Waals surface area (Å²) in [6, 6.07) is 3.00. The van der Waals surface area contributed by atoms with Gasteiger partial charge in [-0.05, 0) is 50.8 Å². The average molecular weight is 289 g/mol. The van der Waals surface area contributed by atoms with Gasteiger partial charge in [0.2, 0.25) is 10.0 Å². The fourth-order valence-electron chi connectivity index (χ4n) is 2.14. The Morgan fingerprint density at radius 3 is 2.50 bits per heavy atom. The van der Waals surface area contributed by atoms with E-state index in [9.17, 15) is 8.42 Å². The predicted octanol–water partition coefficient (Wildman–Crippen LogP) is 2.45. The van der Waals surface area contributed by atoms with Gasteiger partial charge in [0.25, 0.3) is 0 Å². The number of hydrogen-bond donors (Lipinski definition) is 2. The van der Waals surface area contributed by atoms with Crippen LogP contribution in [0.2, 0.25) is 5.02 Å². The summed E-state index contributed by atoms with van der Waals surface area (Å²) in [6.07, 6.45) is 2.78. The van der Waals surface area contributed by atoms with Crippen LogP contribution in [0.1, 0.15) is 31.7 Å². The van der Waals surface area contributed by atoms with Gasteiger partial charge in [0.15, 0.2) is 0 Å². The van der Waals surface area contributed by atoms with Gasteiger partial charge in [-0.15, -0.1) is 0 Å². The van der Waals surface area contributed by atoms with Gasteiger partial charge in [0, 0.05) is 16.2 Å². The molecule has 0 saturated heterocycles. The molecule has 18 heavy (non-hydrogen) atoms. The Balaban J connectivity index is 2.41. The highest BCUT2D eigenvalue weighted by Crippen LogP contribution is 2.34. The van der Waals surface area contributed by atoms with Crippen molar-refractivity contribution >= 4 is 27.3 Å². The molecular formula is C12H17ClN2O2S. The van der Waals surface area contributed by atoms with Gasteiger partial charge in [0.05, 0.1) is 4.90 Å². The van der Waals surface area contributed by atoms with E-state index >= 15 is 0 Å². The van der Waals surface area contributed by atoms with Crippen LogP contribution in [0, 0.1) is 6.92 Å². The molecule has 0 bridgehead atoms. The highest BCUT2D eigenvalue weighted by molar-refractivity contribution is 7.89. The second kappa shape index (κ2) is 4.40. The molecule has 4 nitrogen and oxygen atoms in total. The number of halogens is 1. The minimum absolute atomic E-state index is 0.167. The van der Waals surface area contributed by atoms with Gasteiger partial charge in [-0.25, -0.2) is 13.1 Å². The van der Waals surface area contributed by atoms with E-state index in [2.05, 4.69) is 4.72 Å². The van der Waals surface area contributed by atoms with E-state index in [0.29, 0.717) is 16.3 Å². The Labute approximate surface area is 113 Å². The third-order valence-corrected chi connectivity index (χ3v) is 5.48. The summed E-state index contributed by atoms with van der Waals surface area (Å²) in [5.41, 5.74) is 6.35. The first kappa shape index (κ1) is 13.6. The Hall–Kier alpha value is -0.780. The highest BCUT2D eigenvalue weighted by Gasteiger charge is 2.36. The molecule has 0 aliphatic heterocycles. The molecule has 1 aliphatic carbocycles. The molecule has 1 aromatic carbocycles. The maximum Gasteiger partial charge on any atom is 0.241 e. The molecule has 0 amide bonds. The smallest absolute Gasteiger partial charge is 0.241 e. The summed E-state index contributed by atoms with van der Waals surface area (Å²) in [5, 5.41) is 0.331. The summed E-state index contributed by atoms with van der Waals surface area (Å²) in [6.45, 7) is 3.60. The first-order valence-electron chi connectivity index (χ1n) is 5.83. The van der Waals surface area contributed by atoms with E-state index in [1.54, 1.807) is 13.0 Å². The quantitative estimate of drug-likeness (QED) is 0.839. The Morgan fingerprint density at radius 1 is 1.39 bits per heavy atom. The minimum Gasteiger partial charge on any atom is -0.398 e. The molecule has 1 fully saturated rings. The molecule has 1 aromatic rings. The average Bonchev–Trinajstić information content (AvgIpc) is 2.20. The third-order valence-electron chi connectivity index (χ3n) is 3.49. The lowest BCUT2D eigenvalue weighted by atomic mass is 9.80. The van der Waals surface area contributed by atoms with Crippen LogP contribution in [0.5, 0.6) is 0 Å². The number of sulfonamides is 1. The van der Waals surface area contributed by atoms with Crippen molar-refractivity contribution in [1.82, 2.24) is 4.72 Å². The lowest BCUT2D eigenvalue weighted by Crippen LogP contribution is -2.50. The molecule has 0 spiro atoms. The number of anilines is 1. The third kappa shape index (κ3) is 2.48. The van der Waals surface area contributed by atoms with E-state index in [0.717, 1.165) is 19.3 Å². The van der Waals surface area contributed by atoms with Gasteiger partial charge < -0.3 is 5.73 Å². The molecule has 1 aliphatic rings. The molecule has 0 heterocycles. The van der Waals surface area contributed by atoms with Crippen LogP contribution in [-0.4, -0.2) is 14.0 Å². The molecule has 3 N–H and O–H groups in total. The maximum atomic E-state index is 12.3. The summed E-state index contributed by atoms with van der Waals surface area (Å²) >= 11 is 5.88. The fourth-order valence-corrected chi connectivity index (χ4v) is 4.20. The van der Waals surface area contributed by atoms with Crippen molar-refractivity contribution in [3.8, 4) is 0 Å². The zero-order valence-electron chi connectivity index (χ0n) is 10.5. The van der Waals surface area contributed by atoms with Crippen LogP contribution in [-0.2, 0) is 10.0 Å². The molecular weight excluding hydrogens is 272 g/mol. The SMILES string of the molecule is Cc1c(N)cc(Cl)cc1S(=O)(=O)NC1(C)CCC1. The number of nitrogen functional groups attached to an aromatic ring is 1. The first-order valence-corrected chi connectivity index (χ1v) is 7.69. The summed E-state index contributed by atoms with van der Waals surface area (Å²) < 4.78 is 27.4. The fraction of sp³-hybridized carbons (Fsp3) is 0.500. The second-order valence-electron chi connectivity index (χ2n) is 5.14. The molecule has 100 valence electrons. The van der Waals surface area contributed by atoms with Crippen LogP contribution >= 0.6 is 11.6 Å². The Morgan fingerprint density at radius 2 is 2.00 bits per heavy atom. The zero-order valence-corrected chi connectivity index (χ0v) is 12.0. The van der Waals surface area contributed by atoms with Crippen molar-refractivity contribution in [3.05, 3.63) is 22.7 Å². The number of nitrogens with two attached hydrogens (primary N) is 1. The van der Waals surface area contributed by atoms with Crippen molar-refractivity contribution in [3.63, 3.8) is 0 Å². The molecule has 1 saturated carbocycles. The van der Waals surface area contributed by atoms with Crippen molar-refractivity contribution in [2.24, 2.45) is 0 Å². The van der Waals surface area contributed by atoms with E-state index in [1.165, 1.54) is 6.07 Å². The highest BCUT2D eigenvalue weighted by atomic mass is 35.5. The maximum absolute atomic E-state index is 12.3. The van der Waals surface area contributed by atoms with E-state index in [-0.39, 0.29) is 10.4 Å². The van der Waals surface area contributed by atoms with E-state index in [4.69, 9.17) is 17.3 Å². The van der Waals surface area contributed by atoms with Crippen molar-refractivity contribution < 1.29 is 8.42 Å². The van der Waals surface area contributed by atoms with Gasteiger partial charge in [-0.3, -0.25) is 0 Å². The number of hydrogen-bond acceptors (Lipinski definition) is 3. The summed E-state index contributed by atoms with van der Waals surface area (Å²) in [4.78, 5) is 0.167. The Bertz CT molecular complexity index is 580. The van der Waals surface area contributed by atoms with Gasteiger partial charge in [-0.2, -0.15) is 0 Å². The molecule has 0 atom stereocenters. The summed E-state index contributed by atoms with van der Waals surface area (Å²) in [7, 11) is -3.57. The zero-order chi connectivity index (χ0) is 13.6. The van der Waals surface area contributed by atoms with Crippen molar-refractivity contribution in [1.29, 1.82) is 0 Å². The largest absolute Gasteiger partial charge is 0.398 e. The first-order chi connectivity index (χ1) is 8.23. The van der Waals surface area contributed by atoms with Crippen LogP contribution < -0.4 is 10.5 Å². The summed E-state index contributed by atoms with van der Waals surface area (Å²) in [5.74, 6) is 0. The molecule has 0 radical (unpaired) electrons. The number of rotatable bonds is 3. The topological polar surface area (TPSA) is 72.2 Å². The van der Waals surface area contributed by atoms with Gasteiger partial charge in [-0.1, -0.05) is 11.6 Å². The molecule has 2 rings (SSSR count). The van der Waals surface area contributed by atoms with Crippen molar-refractivity contribution in [2.75, 3.05) is 5.73 Å². The molecule has 6 heteroatoms. The van der Waals surface area contributed by atoms with Crippen LogP contribution in [0.15, 0.2) is 17.0 Å². The van der Waals surface area contributed by atoms with Crippen molar-refractivity contribution in [2.45, 2.75) is 43.5 Å². The van der Waals surface area contributed by atoms with Crippen LogP contribution in [0.3, 0.4) is 0 Å².